The number of benzene rings is 2. The summed E-state index contributed by atoms with van der Waals surface area (Å²) in [5.74, 6) is -3.21. The van der Waals surface area contributed by atoms with Gasteiger partial charge < -0.3 is 19.4 Å². The molecule has 0 aliphatic heterocycles. The van der Waals surface area contributed by atoms with Crippen LogP contribution in [-0.2, 0) is 6.42 Å². The van der Waals surface area contributed by atoms with Gasteiger partial charge in [-0.15, -0.1) is 13.2 Å². The lowest BCUT2D eigenvalue weighted by atomic mass is 10.1. The number of likely N-dealkylation sites (N-methyl/N-ethyl adjacent to an activating group) is 1. The zero-order valence-electron chi connectivity index (χ0n) is 15.9. The van der Waals surface area contributed by atoms with Gasteiger partial charge in [0.1, 0.15) is 10.8 Å². The number of H-pyrrole nitrogens is 1. The van der Waals surface area contributed by atoms with Crippen molar-refractivity contribution in [1.82, 2.24) is 9.88 Å². The summed E-state index contributed by atoms with van der Waals surface area (Å²) in [6, 6.07) is 6.59. The lowest BCUT2D eigenvalue weighted by molar-refractivity contribution is -0.274. The van der Waals surface area contributed by atoms with Gasteiger partial charge in [0.25, 0.3) is 0 Å². The van der Waals surface area contributed by atoms with E-state index in [1.54, 1.807) is 24.4 Å². The summed E-state index contributed by atoms with van der Waals surface area (Å²) in [6.07, 6.45) is -2.58. The van der Waals surface area contributed by atoms with Crippen LogP contribution in [0.2, 0.25) is 5.02 Å². The Hall–Kier alpha value is -2.78. The number of esters is 1. The zero-order chi connectivity index (χ0) is 22.1. The van der Waals surface area contributed by atoms with Crippen molar-refractivity contribution < 1.29 is 31.8 Å². The molecule has 0 atom stereocenters. The molecule has 0 aliphatic carbocycles. The molecule has 0 amide bonds. The van der Waals surface area contributed by atoms with E-state index >= 15 is 0 Å². The molecule has 2 aromatic carbocycles. The zero-order valence-corrected chi connectivity index (χ0v) is 16.7. The van der Waals surface area contributed by atoms with Crippen LogP contribution in [0.1, 0.15) is 15.9 Å². The van der Waals surface area contributed by atoms with E-state index in [2.05, 4.69) is 9.72 Å². The predicted molar refractivity (Wildman–Crippen MR) is 104 cm³/mol. The molecule has 1 aromatic heterocycles. The van der Waals surface area contributed by atoms with Gasteiger partial charge in [0.05, 0.1) is 5.56 Å². The second-order valence-corrected chi connectivity index (χ2v) is 7.10. The molecule has 3 rings (SSSR count). The van der Waals surface area contributed by atoms with E-state index in [4.69, 9.17) is 16.3 Å². The maximum absolute atomic E-state index is 14.4. The minimum absolute atomic E-state index is 0.193. The van der Waals surface area contributed by atoms with Gasteiger partial charge in [0.15, 0.2) is 11.6 Å². The third-order valence-corrected chi connectivity index (χ3v) is 4.62. The Kier molecular flexibility index (Phi) is 6.23. The Morgan fingerprint density at radius 1 is 1.17 bits per heavy atom. The SMILES string of the molecule is CN(C)CCc1c[nH]c2cccc(OC(=O)c3ccc(OC(F)(F)F)c(Cl)c3F)c12. The fraction of sp³-hybridized carbons (Fsp3) is 0.250. The fourth-order valence-corrected chi connectivity index (χ4v) is 3.10. The molecule has 160 valence electrons. The Balaban J connectivity index is 1.90. The highest BCUT2D eigenvalue weighted by Crippen LogP contribution is 2.35. The van der Waals surface area contributed by atoms with Crippen molar-refractivity contribution in [2.24, 2.45) is 0 Å². The minimum Gasteiger partial charge on any atom is -0.422 e. The first-order chi connectivity index (χ1) is 14.1. The predicted octanol–water partition coefficient (Wildman–Crippen LogP) is 5.18. The molecular weight excluding hydrogens is 428 g/mol. The largest absolute Gasteiger partial charge is 0.573 e. The lowest BCUT2D eigenvalue weighted by Crippen LogP contribution is -2.18. The number of ether oxygens (including phenoxy) is 2. The molecule has 0 saturated carbocycles. The summed E-state index contributed by atoms with van der Waals surface area (Å²) in [7, 11) is 3.85. The number of carbonyl (C=O) groups is 1. The van der Waals surface area contributed by atoms with Gasteiger partial charge in [0.2, 0.25) is 0 Å². The number of nitrogens with zero attached hydrogens (tertiary/aromatic N) is 1. The third kappa shape index (κ3) is 4.85. The van der Waals surface area contributed by atoms with Crippen molar-refractivity contribution in [2.75, 3.05) is 20.6 Å². The number of rotatable bonds is 6. The monoisotopic (exact) mass is 444 g/mol. The molecule has 1 heterocycles. The number of aromatic nitrogens is 1. The van der Waals surface area contributed by atoms with E-state index in [0.717, 1.165) is 29.8 Å². The average Bonchev–Trinajstić information content (AvgIpc) is 3.07. The van der Waals surface area contributed by atoms with E-state index in [1.165, 1.54) is 0 Å². The summed E-state index contributed by atoms with van der Waals surface area (Å²) in [4.78, 5) is 17.6. The molecule has 0 unspecified atom stereocenters. The van der Waals surface area contributed by atoms with Crippen LogP contribution in [0.4, 0.5) is 17.6 Å². The van der Waals surface area contributed by atoms with E-state index < -0.39 is 34.5 Å². The van der Waals surface area contributed by atoms with Gasteiger partial charge in [0, 0.05) is 23.6 Å². The van der Waals surface area contributed by atoms with Crippen LogP contribution < -0.4 is 9.47 Å². The van der Waals surface area contributed by atoms with Crippen LogP contribution in [0.15, 0.2) is 36.5 Å². The number of aromatic amines is 1. The molecule has 0 spiro atoms. The van der Waals surface area contributed by atoms with E-state index in [-0.39, 0.29) is 5.75 Å². The Morgan fingerprint density at radius 2 is 1.90 bits per heavy atom. The number of carbonyl (C=O) groups excluding carboxylic acids is 1. The fourth-order valence-electron chi connectivity index (χ4n) is 2.89. The molecule has 0 radical (unpaired) electrons. The molecule has 30 heavy (non-hydrogen) atoms. The van der Waals surface area contributed by atoms with Crippen LogP contribution in [0, 0.1) is 5.82 Å². The lowest BCUT2D eigenvalue weighted by Gasteiger charge is -2.13. The molecule has 0 fully saturated rings. The Bertz CT molecular complexity index is 1080. The summed E-state index contributed by atoms with van der Waals surface area (Å²) >= 11 is 5.61. The number of hydrogen-bond donors (Lipinski definition) is 1. The van der Waals surface area contributed by atoms with Crippen LogP contribution in [0.25, 0.3) is 10.9 Å². The van der Waals surface area contributed by atoms with Crippen molar-refractivity contribution in [3.8, 4) is 11.5 Å². The van der Waals surface area contributed by atoms with Crippen LogP contribution in [0.5, 0.6) is 11.5 Å². The van der Waals surface area contributed by atoms with E-state index in [1.807, 2.05) is 19.0 Å². The topological polar surface area (TPSA) is 54.6 Å². The maximum atomic E-state index is 14.4. The van der Waals surface area contributed by atoms with Crippen molar-refractivity contribution in [3.63, 3.8) is 0 Å². The van der Waals surface area contributed by atoms with E-state index in [9.17, 15) is 22.4 Å². The van der Waals surface area contributed by atoms with Gasteiger partial charge in [-0.2, -0.15) is 0 Å². The quantitative estimate of drug-likeness (QED) is 0.323. The van der Waals surface area contributed by atoms with Crippen molar-refractivity contribution >= 4 is 28.5 Å². The maximum Gasteiger partial charge on any atom is 0.573 e. The third-order valence-electron chi connectivity index (χ3n) is 4.27. The number of halogens is 5. The van der Waals surface area contributed by atoms with Gasteiger partial charge in [-0.1, -0.05) is 17.7 Å². The summed E-state index contributed by atoms with van der Waals surface area (Å²) in [6.45, 7) is 0.750. The molecule has 1 N–H and O–H groups in total. The molecule has 0 saturated heterocycles. The first kappa shape index (κ1) is 21.9. The number of nitrogens with one attached hydrogen (secondary N) is 1. The van der Waals surface area contributed by atoms with Crippen molar-refractivity contribution in [1.29, 1.82) is 0 Å². The summed E-state index contributed by atoms with van der Waals surface area (Å²) < 4.78 is 60.5. The van der Waals surface area contributed by atoms with Gasteiger partial charge in [-0.25, -0.2) is 9.18 Å². The first-order valence-electron chi connectivity index (χ1n) is 8.76. The first-order valence-corrected chi connectivity index (χ1v) is 9.14. The average molecular weight is 445 g/mol. The number of fused-ring (bicyclic) bond motifs is 1. The molecule has 0 bridgehead atoms. The molecular formula is C20H17ClF4N2O3. The van der Waals surface area contributed by atoms with Crippen molar-refractivity contribution in [3.05, 3.63) is 58.5 Å². The van der Waals surface area contributed by atoms with Crippen LogP contribution in [0.3, 0.4) is 0 Å². The van der Waals surface area contributed by atoms with Gasteiger partial charge in [-0.05, 0) is 50.3 Å². The molecule has 5 nitrogen and oxygen atoms in total. The normalized spacial score (nSPS) is 11.9. The number of alkyl halides is 3. The van der Waals surface area contributed by atoms with Crippen LogP contribution in [-0.4, -0.2) is 42.9 Å². The number of hydrogen-bond acceptors (Lipinski definition) is 4. The molecule has 3 aromatic rings. The highest BCUT2D eigenvalue weighted by molar-refractivity contribution is 6.32. The molecule has 10 heteroatoms. The summed E-state index contributed by atoms with van der Waals surface area (Å²) in [5, 5.41) is -0.301. The standard InChI is InChI=1S/C20H17ClF4N2O3/c1-27(2)9-8-11-10-26-13-4-3-5-14(16(11)13)29-19(28)12-6-7-15(17(21)18(12)22)30-20(23,24)25/h3-7,10,26H,8-9H2,1-2H3. The second-order valence-electron chi connectivity index (χ2n) is 6.72. The summed E-state index contributed by atoms with van der Waals surface area (Å²) in [5.41, 5.74) is 1.01. The molecule has 0 aliphatic rings. The smallest absolute Gasteiger partial charge is 0.422 e. The second kappa shape index (κ2) is 8.53. The highest BCUT2D eigenvalue weighted by atomic mass is 35.5. The van der Waals surface area contributed by atoms with Gasteiger partial charge in [-0.3, -0.25) is 0 Å². The Morgan fingerprint density at radius 3 is 2.57 bits per heavy atom. The minimum atomic E-state index is -5.05. The van der Waals surface area contributed by atoms with Crippen LogP contribution >= 0.6 is 11.6 Å². The van der Waals surface area contributed by atoms with E-state index in [0.29, 0.717) is 11.8 Å². The highest BCUT2D eigenvalue weighted by Gasteiger charge is 2.33. The van der Waals surface area contributed by atoms with Gasteiger partial charge >= 0.3 is 12.3 Å². The van der Waals surface area contributed by atoms with Crippen molar-refractivity contribution in [2.45, 2.75) is 12.8 Å². The Labute approximate surface area is 174 Å².